The lowest BCUT2D eigenvalue weighted by Crippen LogP contribution is -2.02. The van der Waals surface area contributed by atoms with E-state index in [-0.39, 0.29) is 22.1 Å². The second-order valence-electron chi connectivity index (χ2n) is 3.82. The van der Waals surface area contributed by atoms with Gasteiger partial charge in [0.15, 0.2) is 0 Å². The van der Waals surface area contributed by atoms with Crippen molar-refractivity contribution in [1.29, 1.82) is 0 Å². The molecule has 104 valence electrons. The van der Waals surface area contributed by atoms with Crippen LogP contribution in [0.4, 0.5) is 4.39 Å². The van der Waals surface area contributed by atoms with Crippen molar-refractivity contribution < 1.29 is 19.0 Å². The molecule has 0 saturated carbocycles. The Labute approximate surface area is 124 Å². The van der Waals surface area contributed by atoms with E-state index >= 15 is 0 Å². The Morgan fingerprint density at radius 2 is 2.10 bits per heavy atom. The number of hydrogen-bond donors (Lipinski definition) is 1. The molecule has 2 rings (SSSR count). The van der Waals surface area contributed by atoms with Gasteiger partial charge in [0.05, 0.1) is 5.02 Å². The Balaban J connectivity index is 2.42. The normalized spacial score (nSPS) is 10.3. The molecule has 0 unspecified atom stereocenters. The van der Waals surface area contributed by atoms with E-state index in [1.165, 1.54) is 30.0 Å². The summed E-state index contributed by atoms with van der Waals surface area (Å²) in [6.07, 6.45) is 1.77. The van der Waals surface area contributed by atoms with Crippen LogP contribution >= 0.6 is 23.4 Å². The lowest BCUT2D eigenvalue weighted by atomic mass is 10.2. The van der Waals surface area contributed by atoms with Gasteiger partial charge in [0.2, 0.25) is 0 Å². The largest absolute Gasteiger partial charge is 0.478 e. The summed E-state index contributed by atoms with van der Waals surface area (Å²) in [6.45, 7) is 0. The van der Waals surface area contributed by atoms with Crippen molar-refractivity contribution in [3.8, 4) is 11.5 Å². The Morgan fingerprint density at radius 1 is 1.35 bits per heavy atom. The first-order valence-electron chi connectivity index (χ1n) is 5.56. The highest BCUT2D eigenvalue weighted by Crippen LogP contribution is 2.33. The van der Waals surface area contributed by atoms with Crippen molar-refractivity contribution in [2.24, 2.45) is 0 Å². The number of halogens is 2. The topological polar surface area (TPSA) is 46.5 Å². The van der Waals surface area contributed by atoms with Crippen molar-refractivity contribution in [3.05, 3.63) is 52.8 Å². The van der Waals surface area contributed by atoms with E-state index in [4.69, 9.17) is 16.3 Å². The average Bonchev–Trinajstić information content (AvgIpc) is 2.42. The maximum Gasteiger partial charge on any atom is 0.340 e. The molecule has 0 heterocycles. The summed E-state index contributed by atoms with van der Waals surface area (Å²) in [5.41, 5.74) is 0.0513. The zero-order chi connectivity index (χ0) is 14.7. The first-order chi connectivity index (χ1) is 9.52. The standard InChI is InChI=1S/C14H10ClFO3S/c1-20-12-4-2-3-11(13(12)14(17)18)19-8-5-6-9(15)10(16)7-8/h2-7H,1H3,(H,17,18). The van der Waals surface area contributed by atoms with E-state index in [1.807, 2.05) is 0 Å². The van der Waals surface area contributed by atoms with Crippen LogP contribution in [0.25, 0.3) is 0 Å². The molecule has 20 heavy (non-hydrogen) atoms. The van der Waals surface area contributed by atoms with E-state index < -0.39 is 11.8 Å². The second-order valence-corrected chi connectivity index (χ2v) is 5.07. The molecule has 3 nitrogen and oxygen atoms in total. The molecule has 0 atom stereocenters. The van der Waals surface area contributed by atoms with Crippen LogP contribution in [0, 0.1) is 5.82 Å². The first kappa shape index (κ1) is 14.7. The van der Waals surface area contributed by atoms with Crippen LogP contribution in [0.2, 0.25) is 5.02 Å². The average molecular weight is 313 g/mol. The van der Waals surface area contributed by atoms with Crippen molar-refractivity contribution in [2.75, 3.05) is 6.26 Å². The monoisotopic (exact) mass is 312 g/mol. The van der Waals surface area contributed by atoms with Crippen LogP contribution in [-0.4, -0.2) is 17.3 Å². The predicted octanol–water partition coefficient (Wildman–Crippen LogP) is 4.69. The van der Waals surface area contributed by atoms with Gasteiger partial charge in [0.1, 0.15) is 22.9 Å². The summed E-state index contributed by atoms with van der Waals surface area (Å²) in [7, 11) is 0. The van der Waals surface area contributed by atoms with Crippen molar-refractivity contribution >= 4 is 29.3 Å². The molecule has 2 aromatic carbocycles. The van der Waals surface area contributed by atoms with Gasteiger partial charge in [0.25, 0.3) is 0 Å². The maximum absolute atomic E-state index is 13.4. The molecular formula is C14H10ClFO3S. The predicted molar refractivity (Wildman–Crippen MR) is 76.7 cm³/mol. The number of benzene rings is 2. The van der Waals surface area contributed by atoms with Crippen LogP contribution in [0.15, 0.2) is 41.3 Å². The SMILES string of the molecule is CSc1cccc(Oc2ccc(Cl)c(F)c2)c1C(=O)O. The minimum Gasteiger partial charge on any atom is -0.478 e. The molecule has 0 aliphatic rings. The van der Waals surface area contributed by atoms with E-state index in [2.05, 4.69) is 0 Å². The van der Waals surface area contributed by atoms with Gasteiger partial charge in [-0.15, -0.1) is 11.8 Å². The van der Waals surface area contributed by atoms with Gasteiger partial charge in [-0.25, -0.2) is 9.18 Å². The van der Waals surface area contributed by atoms with Crippen LogP contribution in [0.5, 0.6) is 11.5 Å². The van der Waals surface area contributed by atoms with E-state index in [9.17, 15) is 14.3 Å². The molecule has 0 fully saturated rings. The third-order valence-electron chi connectivity index (χ3n) is 2.54. The number of rotatable bonds is 4. The van der Waals surface area contributed by atoms with Gasteiger partial charge in [-0.1, -0.05) is 17.7 Å². The smallest absolute Gasteiger partial charge is 0.340 e. The minimum atomic E-state index is -1.10. The molecule has 0 bridgehead atoms. The van der Waals surface area contributed by atoms with Crippen molar-refractivity contribution in [3.63, 3.8) is 0 Å². The van der Waals surface area contributed by atoms with Gasteiger partial charge >= 0.3 is 5.97 Å². The zero-order valence-corrected chi connectivity index (χ0v) is 12.0. The van der Waals surface area contributed by atoms with Crippen molar-refractivity contribution in [2.45, 2.75) is 4.90 Å². The molecule has 0 amide bonds. The fraction of sp³-hybridized carbons (Fsp3) is 0.0714. The van der Waals surface area contributed by atoms with Gasteiger partial charge in [-0.2, -0.15) is 0 Å². The van der Waals surface area contributed by atoms with Crippen LogP contribution in [0.1, 0.15) is 10.4 Å². The van der Waals surface area contributed by atoms with Gasteiger partial charge in [-0.3, -0.25) is 0 Å². The van der Waals surface area contributed by atoms with Crippen LogP contribution in [0.3, 0.4) is 0 Å². The maximum atomic E-state index is 13.4. The Hall–Kier alpha value is -1.72. The quantitative estimate of drug-likeness (QED) is 0.832. The molecule has 0 saturated heterocycles. The van der Waals surface area contributed by atoms with Gasteiger partial charge in [-0.05, 0) is 30.5 Å². The van der Waals surface area contributed by atoms with E-state index in [0.29, 0.717) is 4.90 Å². The Morgan fingerprint density at radius 3 is 2.70 bits per heavy atom. The number of carboxylic acids is 1. The molecule has 0 aliphatic heterocycles. The fourth-order valence-electron chi connectivity index (χ4n) is 1.64. The summed E-state index contributed by atoms with van der Waals surface area (Å²) >= 11 is 6.88. The van der Waals surface area contributed by atoms with E-state index in [0.717, 1.165) is 6.07 Å². The van der Waals surface area contributed by atoms with Crippen LogP contribution in [-0.2, 0) is 0 Å². The molecular weight excluding hydrogens is 303 g/mol. The molecule has 6 heteroatoms. The lowest BCUT2D eigenvalue weighted by molar-refractivity contribution is 0.0690. The fourth-order valence-corrected chi connectivity index (χ4v) is 2.37. The molecule has 0 radical (unpaired) electrons. The second kappa shape index (κ2) is 6.15. The van der Waals surface area contributed by atoms with Crippen molar-refractivity contribution in [1.82, 2.24) is 0 Å². The van der Waals surface area contributed by atoms with Gasteiger partial charge < -0.3 is 9.84 Å². The minimum absolute atomic E-state index is 0.0197. The number of carbonyl (C=O) groups is 1. The highest BCUT2D eigenvalue weighted by molar-refractivity contribution is 7.98. The molecule has 0 aliphatic carbocycles. The Bertz CT molecular complexity index is 661. The van der Waals surface area contributed by atoms with Gasteiger partial charge in [0, 0.05) is 11.0 Å². The highest BCUT2D eigenvalue weighted by Gasteiger charge is 2.17. The first-order valence-corrected chi connectivity index (χ1v) is 7.16. The summed E-state index contributed by atoms with van der Waals surface area (Å²) in [4.78, 5) is 11.9. The number of ether oxygens (including phenoxy) is 1. The number of carboxylic acid groups (broad SMARTS) is 1. The van der Waals surface area contributed by atoms with E-state index in [1.54, 1.807) is 18.4 Å². The number of thioether (sulfide) groups is 1. The highest BCUT2D eigenvalue weighted by atomic mass is 35.5. The van der Waals surface area contributed by atoms with Crippen LogP contribution < -0.4 is 4.74 Å². The molecule has 0 aromatic heterocycles. The lowest BCUT2D eigenvalue weighted by Gasteiger charge is -2.11. The number of aromatic carboxylic acids is 1. The molecule has 1 N–H and O–H groups in total. The Kier molecular flexibility index (Phi) is 4.52. The number of hydrogen-bond acceptors (Lipinski definition) is 3. The summed E-state index contributed by atoms with van der Waals surface area (Å²) < 4.78 is 18.8. The third-order valence-corrected chi connectivity index (χ3v) is 3.63. The zero-order valence-electron chi connectivity index (χ0n) is 10.4. The third kappa shape index (κ3) is 3.05. The summed E-state index contributed by atoms with van der Waals surface area (Å²) in [6, 6.07) is 8.83. The summed E-state index contributed by atoms with van der Waals surface area (Å²) in [5, 5.41) is 9.25. The molecule has 2 aromatic rings. The molecule has 0 spiro atoms. The summed E-state index contributed by atoms with van der Waals surface area (Å²) in [5.74, 6) is -1.37.